The van der Waals surface area contributed by atoms with E-state index < -0.39 is 509 Å². The first-order valence-electron chi connectivity index (χ1n) is 39.9. The highest BCUT2D eigenvalue weighted by Gasteiger charge is 2.47. The molecule has 17 aromatic carbocycles. The number of benzene rings is 17. The minimum absolute atomic E-state index is 1.03. The molecule has 0 unspecified atom stereocenters. The standard InChI is InChI=1S/C48H30O30.C42H26O27/c49-3-1-2(19(50)23(54)5(3)13-29(60)43(74)45(76)44(75)30(13)61)4-8(24(55)36(67)35(66)22(4)53)6-9-11(27(58)39(70)37(68)25(9)56)7(12-10(6)26(57)38(69)40(71)28(12)59)14-20(51)18-17-21(52)15-16(32(63)42(73)41(72)31(15)62)34(65)47(17)78-48(18)46(77)33(14)64;43-15-9(27(55)40(68)42-14(15)13-16(44)11-12(28(56)41(13)69-42)26(54)36(64)35(63)25(11)53)2-6-3(17(45)29(57)32(60)20(6)48)1(4-7(2)21(49)33(61)30(58)18(4)46)5-8(22(50)34(62)31(59)19(5)47)10-23(51)37(65)39(67)38(66)24(10)52/h1,49-77H;43-68H/i1D;. The van der Waals surface area contributed by atoms with Crippen molar-refractivity contribution in [2.75, 3.05) is 0 Å². The summed E-state index contributed by atoms with van der Waals surface area (Å²) in [5.41, 5.74) is -26.1. The number of furan rings is 2. The van der Waals surface area contributed by atoms with Gasteiger partial charge in [-0.05, 0) is 6.04 Å². The van der Waals surface area contributed by atoms with E-state index in [0.29, 0.717) is 0 Å². The van der Waals surface area contributed by atoms with Gasteiger partial charge in [0.15, 0.2) is 172 Å². The lowest BCUT2D eigenvalue weighted by atomic mass is 9.80. The van der Waals surface area contributed by atoms with E-state index in [2.05, 4.69) is 0 Å². The third-order valence-corrected chi connectivity index (χ3v) is 24.8. The number of hydrogen-bond acceptors (Lipinski definition) is 57. The van der Waals surface area contributed by atoms with E-state index in [1.165, 1.54) is 0 Å². The van der Waals surface area contributed by atoms with Gasteiger partial charge in [0.2, 0.25) is 138 Å². The predicted octanol–water partition coefficient (Wildman–Crippen LogP) is 9.57. The molecule has 2 aromatic heterocycles. The summed E-state index contributed by atoms with van der Waals surface area (Å²) in [4.78, 5) is 0. The third kappa shape index (κ3) is 11.2. The maximum Gasteiger partial charge on any atom is 0.208 e. The van der Waals surface area contributed by atoms with Crippen molar-refractivity contribution in [2.24, 2.45) is 0 Å². The molecule has 2 heterocycles. The maximum atomic E-state index is 12.4. The van der Waals surface area contributed by atoms with Crippen LogP contribution < -0.4 is 0 Å². The van der Waals surface area contributed by atoms with E-state index in [4.69, 9.17) is 10.2 Å². The number of aromatic hydroxyl groups is 55. The predicted molar refractivity (Wildman–Crippen MR) is 482 cm³/mol. The Hall–Kier alpha value is -23.1. The SMILES string of the molecule is Oc1c(O)c(O)c(-c2c(O)c(O)c(O)c(O)c2-c2c3c(O)c(O)c(O)c(O)c3c(-c3c(O)c(O)c4oc5c(O)c6c(O)c(O)c(O)c(O)c6c(O)c5c4c3O)c3c(O)c(O)c(O)c(O)c23)c(O)c1O.[2H]c1c(O)c(-c2c(O)c(O)c(O)c(O)c2O)c(O)c(O)c1-c1c(O)c(O)c(O)c(O)c1-c1c2c(O)c(O)c(O)c(O)c2c(-c2c(O)c(O)c3oc4c(O)c5c(O)c(O)c(O)c(O)c5c(O)c4c3c2O)c2c(O)c(O)c(O)c(O)c12. The molecule has 0 atom stereocenters. The summed E-state index contributed by atoms with van der Waals surface area (Å²) in [6.45, 7) is 0. The maximum absolute atomic E-state index is 12.4. The second kappa shape index (κ2) is 30.0. The summed E-state index contributed by atoms with van der Waals surface area (Å²) in [7, 11) is 0. The molecule has 0 bridgehead atoms. The Kier molecular flexibility index (Phi) is 18.9. The summed E-state index contributed by atoms with van der Waals surface area (Å²) in [5, 5.41) is 594. The first-order valence-corrected chi connectivity index (χ1v) is 39.4. The van der Waals surface area contributed by atoms with Gasteiger partial charge in [0.25, 0.3) is 0 Å². The van der Waals surface area contributed by atoms with Crippen LogP contribution in [0.15, 0.2) is 14.9 Å². The van der Waals surface area contributed by atoms with Crippen molar-refractivity contribution in [1.82, 2.24) is 0 Å². The molecule has 57 heteroatoms. The van der Waals surface area contributed by atoms with E-state index in [1.54, 1.807) is 0 Å². The fraction of sp³-hybridized carbons (Fsp3) is 0. The van der Waals surface area contributed by atoms with Crippen LogP contribution in [0, 0.1) is 0 Å². The van der Waals surface area contributed by atoms with E-state index in [1.807, 2.05) is 0 Å². The molecule has 57 nitrogen and oxygen atoms in total. The molecule has 0 saturated heterocycles. The molecular weight excluding hydrogens is 1990 g/mol. The Balaban J connectivity index is 0.000000195. The van der Waals surface area contributed by atoms with Crippen LogP contribution in [0.4, 0.5) is 0 Å². The van der Waals surface area contributed by atoms with Gasteiger partial charge in [-0.2, -0.15) is 0 Å². The molecule has 0 aliphatic rings. The van der Waals surface area contributed by atoms with Crippen LogP contribution >= 0.6 is 0 Å². The Labute approximate surface area is 796 Å². The minimum atomic E-state index is -1.95. The van der Waals surface area contributed by atoms with Crippen LogP contribution in [0.25, 0.3) is 186 Å². The molecule has 0 fully saturated rings. The Morgan fingerprint density at radius 1 is 0.102 bits per heavy atom. The fourth-order valence-corrected chi connectivity index (χ4v) is 18.1. The van der Waals surface area contributed by atoms with Gasteiger partial charge in [-0.1, -0.05) is 0 Å². The highest BCUT2D eigenvalue weighted by Crippen LogP contribution is 2.76. The van der Waals surface area contributed by atoms with Crippen molar-refractivity contribution in [3.8, 4) is 394 Å². The molecule has 147 heavy (non-hydrogen) atoms. The first-order chi connectivity index (χ1) is 69.0. The number of phenolic OH excluding ortho intramolecular Hbond substituents is 55. The lowest BCUT2D eigenvalue weighted by Gasteiger charge is -2.25. The van der Waals surface area contributed by atoms with Crippen molar-refractivity contribution in [2.45, 2.75) is 0 Å². The number of phenols is 55. The van der Waals surface area contributed by atoms with Gasteiger partial charge in [-0.25, -0.2) is 0 Å². The van der Waals surface area contributed by atoms with Gasteiger partial charge in [0.1, 0.15) is 28.7 Å². The van der Waals surface area contributed by atoms with Crippen LogP contribution in [0.1, 0.15) is 1.37 Å². The van der Waals surface area contributed by atoms with Gasteiger partial charge < -0.3 is 290 Å². The molecule has 55 N–H and O–H groups in total. The van der Waals surface area contributed by atoms with Crippen molar-refractivity contribution >= 4 is 109 Å². The van der Waals surface area contributed by atoms with Crippen molar-refractivity contribution < 1.29 is 291 Å². The van der Waals surface area contributed by atoms with Crippen LogP contribution in [-0.4, -0.2) is 281 Å². The second-order valence-electron chi connectivity index (χ2n) is 32.1. The monoisotopic (exact) mass is 2050 g/mol. The summed E-state index contributed by atoms with van der Waals surface area (Å²) in [6, 6.07) is -1.73. The van der Waals surface area contributed by atoms with E-state index in [0.717, 1.165) is 0 Å². The van der Waals surface area contributed by atoms with E-state index >= 15 is 0 Å². The van der Waals surface area contributed by atoms with Gasteiger partial charge in [-0.15, -0.1) is 0 Å². The van der Waals surface area contributed by atoms with E-state index in [9.17, 15) is 281 Å². The van der Waals surface area contributed by atoms with Crippen LogP contribution in [0.5, 0.6) is 316 Å². The second-order valence-corrected chi connectivity index (χ2v) is 32.1. The molecule has 0 spiro atoms. The Morgan fingerprint density at radius 2 is 0.245 bits per heavy atom. The number of rotatable bonds is 7. The van der Waals surface area contributed by atoms with Crippen molar-refractivity contribution in [3.05, 3.63) is 6.04 Å². The molecule has 19 aromatic rings. The smallest absolute Gasteiger partial charge is 0.208 e. The largest absolute Gasteiger partial charge is 0.507 e. The summed E-state index contributed by atoms with van der Waals surface area (Å²) in [5.74, 6) is -93.9. The topological polar surface area (TPSA) is 1140 Å². The summed E-state index contributed by atoms with van der Waals surface area (Å²) >= 11 is 0. The lowest BCUT2D eigenvalue weighted by Crippen LogP contribution is -1.98. The van der Waals surface area contributed by atoms with Crippen LogP contribution in [0.2, 0.25) is 0 Å². The summed E-state index contributed by atoms with van der Waals surface area (Å²) in [6.07, 6.45) is 0. The van der Waals surface area contributed by atoms with Crippen molar-refractivity contribution in [1.29, 1.82) is 0 Å². The third-order valence-electron chi connectivity index (χ3n) is 24.8. The number of fused-ring (bicyclic) bond motifs is 12. The number of hydrogen-bond donors (Lipinski definition) is 55. The normalized spacial score (nSPS) is 11.9. The van der Waals surface area contributed by atoms with Gasteiger partial charge in [-0.3, -0.25) is 0 Å². The lowest BCUT2D eigenvalue weighted by molar-refractivity contribution is 0.329. The molecule has 0 amide bonds. The van der Waals surface area contributed by atoms with Gasteiger partial charge in [0, 0.05) is 93.2 Å². The highest BCUT2D eigenvalue weighted by atomic mass is 16.4. The fourth-order valence-electron chi connectivity index (χ4n) is 18.1. The molecule has 0 radical (unpaired) electrons. The molecule has 0 aliphatic heterocycles. The Bertz CT molecular complexity index is 9400. The zero-order chi connectivity index (χ0) is 109. The van der Waals surface area contributed by atoms with Crippen LogP contribution in [-0.2, 0) is 0 Å². The average Bonchev–Trinajstić information content (AvgIpc) is 1.12. The zero-order valence-electron chi connectivity index (χ0n) is 71.4. The highest BCUT2D eigenvalue weighted by molar-refractivity contribution is 6.36. The average molecular weight is 2050 g/mol. The van der Waals surface area contributed by atoms with Crippen LogP contribution in [0.3, 0.4) is 0 Å². The minimum Gasteiger partial charge on any atom is -0.507 e. The quantitative estimate of drug-likeness (QED) is 0.0401. The van der Waals surface area contributed by atoms with Crippen molar-refractivity contribution in [3.63, 3.8) is 0 Å². The van der Waals surface area contributed by atoms with E-state index in [-0.39, 0.29) is 0 Å². The Morgan fingerprint density at radius 3 is 0.490 bits per heavy atom. The molecular formula is C90H56O57. The molecule has 19 rings (SSSR count). The van der Waals surface area contributed by atoms with Gasteiger partial charge >= 0.3 is 0 Å². The molecule has 758 valence electrons. The zero-order valence-corrected chi connectivity index (χ0v) is 70.4. The molecule has 0 aliphatic carbocycles. The first kappa shape index (κ1) is 92.9. The van der Waals surface area contributed by atoms with Gasteiger partial charge in [0.05, 0.1) is 72.3 Å². The molecule has 0 saturated carbocycles. The summed E-state index contributed by atoms with van der Waals surface area (Å²) < 4.78 is 19.9.